The number of anilines is 1. The second kappa shape index (κ2) is 6.59. The molecule has 0 amide bonds. The summed E-state index contributed by atoms with van der Waals surface area (Å²) in [5.41, 5.74) is 1.16. The van der Waals surface area contributed by atoms with Gasteiger partial charge in [0.25, 0.3) is 0 Å². The van der Waals surface area contributed by atoms with E-state index in [1.165, 1.54) is 25.7 Å². The van der Waals surface area contributed by atoms with E-state index in [1.807, 2.05) is 6.07 Å². The van der Waals surface area contributed by atoms with Gasteiger partial charge < -0.3 is 14.8 Å². The smallest absolute Gasteiger partial charge is 0.163 e. The van der Waals surface area contributed by atoms with Crippen LogP contribution in [0.3, 0.4) is 0 Å². The Morgan fingerprint density at radius 1 is 1.00 bits per heavy atom. The quantitative estimate of drug-likeness (QED) is 0.890. The Balaban J connectivity index is 1.73. The van der Waals surface area contributed by atoms with Crippen molar-refractivity contribution in [3.63, 3.8) is 0 Å². The van der Waals surface area contributed by atoms with Gasteiger partial charge in [-0.1, -0.05) is 26.7 Å². The Bertz CT molecular complexity index is 472. The maximum absolute atomic E-state index is 5.79. The molecule has 21 heavy (non-hydrogen) atoms. The van der Waals surface area contributed by atoms with Crippen LogP contribution < -0.4 is 14.8 Å². The number of hydrogen-bond donors (Lipinski definition) is 1. The topological polar surface area (TPSA) is 30.5 Å². The number of fused-ring (bicyclic) bond motifs is 1. The van der Waals surface area contributed by atoms with E-state index < -0.39 is 0 Å². The lowest BCUT2D eigenvalue weighted by Gasteiger charge is -2.35. The van der Waals surface area contributed by atoms with E-state index in [9.17, 15) is 0 Å². The summed E-state index contributed by atoms with van der Waals surface area (Å²) in [6.07, 6.45) is 6.29. The van der Waals surface area contributed by atoms with Crippen molar-refractivity contribution in [1.82, 2.24) is 0 Å². The number of nitrogens with one attached hydrogen (secondary N) is 1. The molecule has 3 heteroatoms. The fraction of sp³-hybridized carbons (Fsp3) is 0.667. The molecule has 1 aliphatic heterocycles. The van der Waals surface area contributed by atoms with Gasteiger partial charge in [-0.2, -0.15) is 0 Å². The number of ether oxygens (including phenoxy) is 2. The monoisotopic (exact) mass is 289 g/mol. The van der Waals surface area contributed by atoms with Crippen LogP contribution in [0.25, 0.3) is 0 Å². The highest BCUT2D eigenvalue weighted by Crippen LogP contribution is 2.36. The number of hydrogen-bond acceptors (Lipinski definition) is 3. The summed E-state index contributed by atoms with van der Waals surface area (Å²) in [5.74, 6) is 3.27. The minimum atomic E-state index is 0.587. The van der Waals surface area contributed by atoms with Crippen molar-refractivity contribution in [1.29, 1.82) is 0 Å². The molecule has 0 bridgehead atoms. The van der Waals surface area contributed by atoms with Gasteiger partial charge in [-0.05, 0) is 36.8 Å². The zero-order valence-corrected chi connectivity index (χ0v) is 13.2. The molecule has 0 saturated heterocycles. The maximum atomic E-state index is 5.79. The molecule has 1 saturated carbocycles. The summed E-state index contributed by atoms with van der Waals surface area (Å²) < 4.78 is 11.5. The van der Waals surface area contributed by atoms with E-state index in [2.05, 4.69) is 31.3 Å². The van der Waals surface area contributed by atoms with Crippen molar-refractivity contribution >= 4 is 5.69 Å². The Hall–Kier alpha value is -1.38. The van der Waals surface area contributed by atoms with Crippen molar-refractivity contribution in [2.75, 3.05) is 18.5 Å². The van der Waals surface area contributed by atoms with Crippen LogP contribution in [0, 0.1) is 11.8 Å². The number of benzene rings is 1. The predicted octanol–water partition coefficient (Wildman–Crippen LogP) is 4.47. The van der Waals surface area contributed by atoms with E-state index in [-0.39, 0.29) is 0 Å². The van der Waals surface area contributed by atoms with Crippen LogP contribution in [0.4, 0.5) is 5.69 Å². The molecule has 1 heterocycles. The highest BCUT2D eigenvalue weighted by molar-refractivity contribution is 5.55. The van der Waals surface area contributed by atoms with Crippen LogP contribution in [0.2, 0.25) is 0 Å². The van der Waals surface area contributed by atoms with Gasteiger partial charge in [0.05, 0.1) is 13.2 Å². The third-order valence-corrected chi connectivity index (χ3v) is 4.78. The van der Waals surface area contributed by atoms with Crippen LogP contribution in [0.1, 0.15) is 46.0 Å². The van der Waals surface area contributed by atoms with Crippen molar-refractivity contribution < 1.29 is 9.47 Å². The standard InChI is InChI=1S/C18H27NO2/c1-13(2)15-6-3-4-7-16(15)19-14-8-9-17-18(12-14)21-11-5-10-20-17/h8-9,12-13,15-16,19H,3-7,10-11H2,1-2H3. The fourth-order valence-corrected chi connectivity index (χ4v) is 3.60. The summed E-state index contributed by atoms with van der Waals surface area (Å²) in [4.78, 5) is 0. The van der Waals surface area contributed by atoms with E-state index in [0.717, 1.165) is 48.7 Å². The fourth-order valence-electron chi connectivity index (χ4n) is 3.60. The molecule has 0 radical (unpaired) electrons. The van der Waals surface area contributed by atoms with E-state index in [4.69, 9.17) is 9.47 Å². The first-order chi connectivity index (χ1) is 10.2. The average molecular weight is 289 g/mol. The minimum absolute atomic E-state index is 0.587. The van der Waals surface area contributed by atoms with Gasteiger partial charge in [0.1, 0.15) is 0 Å². The average Bonchev–Trinajstić information content (AvgIpc) is 2.72. The molecule has 1 N–H and O–H groups in total. The second-order valence-electron chi connectivity index (χ2n) is 6.66. The van der Waals surface area contributed by atoms with Crippen molar-refractivity contribution in [3.05, 3.63) is 18.2 Å². The van der Waals surface area contributed by atoms with Crippen LogP contribution in [0.15, 0.2) is 18.2 Å². The molecular weight excluding hydrogens is 262 g/mol. The molecule has 1 aliphatic carbocycles. The first-order valence-corrected chi connectivity index (χ1v) is 8.40. The Morgan fingerprint density at radius 3 is 2.57 bits per heavy atom. The highest BCUT2D eigenvalue weighted by atomic mass is 16.5. The van der Waals surface area contributed by atoms with Crippen LogP contribution in [-0.2, 0) is 0 Å². The molecule has 0 spiro atoms. The summed E-state index contributed by atoms with van der Waals surface area (Å²) in [7, 11) is 0. The van der Waals surface area contributed by atoms with Gasteiger partial charge in [0.15, 0.2) is 11.5 Å². The van der Waals surface area contributed by atoms with Gasteiger partial charge in [-0.25, -0.2) is 0 Å². The third kappa shape index (κ3) is 3.45. The zero-order valence-electron chi connectivity index (χ0n) is 13.2. The molecule has 1 aromatic rings. The molecular formula is C18H27NO2. The first kappa shape index (κ1) is 14.6. The van der Waals surface area contributed by atoms with Gasteiger partial charge in [-0.15, -0.1) is 0 Å². The summed E-state index contributed by atoms with van der Waals surface area (Å²) in [6, 6.07) is 6.85. The summed E-state index contributed by atoms with van der Waals surface area (Å²) in [5, 5.41) is 3.75. The molecule has 2 aliphatic rings. The van der Waals surface area contributed by atoms with E-state index in [1.54, 1.807) is 0 Å². The molecule has 2 atom stereocenters. The number of rotatable bonds is 3. The minimum Gasteiger partial charge on any atom is -0.490 e. The lowest BCUT2D eigenvalue weighted by molar-refractivity contribution is 0.253. The van der Waals surface area contributed by atoms with Crippen molar-refractivity contribution in [2.45, 2.75) is 52.0 Å². The predicted molar refractivity (Wildman–Crippen MR) is 86.3 cm³/mol. The lowest BCUT2D eigenvalue weighted by atomic mass is 9.78. The van der Waals surface area contributed by atoms with E-state index >= 15 is 0 Å². The van der Waals surface area contributed by atoms with Gasteiger partial charge in [0.2, 0.25) is 0 Å². The molecule has 1 fully saturated rings. The Kier molecular flexibility index (Phi) is 4.57. The molecule has 116 valence electrons. The van der Waals surface area contributed by atoms with Crippen molar-refractivity contribution in [2.24, 2.45) is 11.8 Å². The third-order valence-electron chi connectivity index (χ3n) is 4.78. The van der Waals surface area contributed by atoms with Crippen LogP contribution in [0.5, 0.6) is 11.5 Å². The van der Waals surface area contributed by atoms with Gasteiger partial charge >= 0.3 is 0 Å². The highest BCUT2D eigenvalue weighted by Gasteiger charge is 2.27. The molecule has 0 aromatic heterocycles. The molecule has 3 nitrogen and oxygen atoms in total. The molecule has 1 aromatic carbocycles. The Morgan fingerprint density at radius 2 is 1.76 bits per heavy atom. The van der Waals surface area contributed by atoms with E-state index in [0.29, 0.717) is 6.04 Å². The lowest BCUT2D eigenvalue weighted by Crippen LogP contribution is -2.35. The SMILES string of the molecule is CC(C)C1CCCCC1Nc1ccc2c(c1)OCCCO2. The summed E-state index contributed by atoms with van der Waals surface area (Å²) in [6.45, 7) is 6.18. The van der Waals surface area contributed by atoms with Gasteiger partial charge in [0, 0.05) is 24.2 Å². The van der Waals surface area contributed by atoms with Crippen molar-refractivity contribution in [3.8, 4) is 11.5 Å². The van der Waals surface area contributed by atoms with Gasteiger partial charge in [-0.3, -0.25) is 0 Å². The largest absolute Gasteiger partial charge is 0.490 e. The van der Waals surface area contributed by atoms with Crippen LogP contribution in [-0.4, -0.2) is 19.3 Å². The second-order valence-corrected chi connectivity index (χ2v) is 6.66. The normalized spacial score (nSPS) is 25.5. The summed E-state index contributed by atoms with van der Waals surface area (Å²) >= 11 is 0. The maximum Gasteiger partial charge on any atom is 0.163 e. The zero-order chi connectivity index (χ0) is 14.7. The molecule has 3 rings (SSSR count). The first-order valence-electron chi connectivity index (χ1n) is 8.40. The molecule has 2 unspecified atom stereocenters. The Labute approximate surface area is 128 Å². The van der Waals surface area contributed by atoms with Crippen LogP contribution >= 0.6 is 0 Å².